The summed E-state index contributed by atoms with van der Waals surface area (Å²) in [6.45, 7) is 9.50. The molecule has 0 rings (SSSR count). The normalized spacial score (nSPS) is 14.1. The highest BCUT2D eigenvalue weighted by Crippen LogP contribution is 2.24. The Morgan fingerprint density at radius 1 is 0.923 bits per heavy atom. The molecular formula is C12H26O. The van der Waals surface area contributed by atoms with Crippen LogP contribution in [0.3, 0.4) is 0 Å². The number of rotatable bonds is 7. The topological polar surface area (TPSA) is 20.2 Å². The van der Waals surface area contributed by atoms with Crippen LogP contribution in [0, 0.1) is 17.8 Å². The predicted octanol–water partition coefficient (Wildman–Crippen LogP) is 3.47. The minimum absolute atomic E-state index is 0.352. The summed E-state index contributed by atoms with van der Waals surface area (Å²) in [5.74, 6) is 2.40. The summed E-state index contributed by atoms with van der Waals surface area (Å²) in [7, 11) is 0. The van der Waals surface area contributed by atoms with Gasteiger partial charge in [-0.05, 0) is 37.0 Å². The predicted molar refractivity (Wildman–Crippen MR) is 58.7 cm³/mol. The van der Waals surface area contributed by atoms with Crippen molar-refractivity contribution in [2.24, 2.45) is 17.8 Å². The molecule has 80 valence electrons. The largest absolute Gasteiger partial charge is 0.396 e. The lowest BCUT2D eigenvalue weighted by molar-refractivity contribution is 0.243. The van der Waals surface area contributed by atoms with Crippen molar-refractivity contribution in [1.29, 1.82) is 0 Å². The van der Waals surface area contributed by atoms with Crippen LogP contribution >= 0.6 is 0 Å². The second-order valence-electron chi connectivity index (χ2n) is 4.84. The Labute approximate surface area is 83.5 Å². The Hall–Kier alpha value is -0.0400. The van der Waals surface area contributed by atoms with E-state index >= 15 is 0 Å². The van der Waals surface area contributed by atoms with Crippen molar-refractivity contribution in [3.63, 3.8) is 0 Å². The molecule has 1 N–H and O–H groups in total. The van der Waals surface area contributed by atoms with Crippen LogP contribution in [0.1, 0.15) is 53.4 Å². The van der Waals surface area contributed by atoms with Crippen LogP contribution in [0.15, 0.2) is 0 Å². The molecule has 0 radical (unpaired) electrons. The number of hydrogen-bond acceptors (Lipinski definition) is 1. The van der Waals surface area contributed by atoms with Gasteiger partial charge in [0.2, 0.25) is 0 Å². The van der Waals surface area contributed by atoms with E-state index in [2.05, 4.69) is 27.7 Å². The third-order valence-electron chi connectivity index (χ3n) is 2.79. The molecule has 0 aliphatic carbocycles. The van der Waals surface area contributed by atoms with Gasteiger partial charge in [0.15, 0.2) is 0 Å². The average Bonchev–Trinajstić information content (AvgIpc) is 2.03. The molecule has 0 aromatic rings. The highest BCUT2D eigenvalue weighted by molar-refractivity contribution is 4.64. The molecule has 1 atom stereocenters. The summed E-state index contributed by atoms with van der Waals surface area (Å²) >= 11 is 0. The van der Waals surface area contributed by atoms with Gasteiger partial charge in [-0.1, -0.05) is 34.1 Å². The first-order valence-electron chi connectivity index (χ1n) is 5.68. The first-order valence-corrected chi connectivity index (χ1v) is 5.68. The van der Waals surface area contributed by atoms with E-state index in [0.717, 1.165) is 24.2 Å². The van der Waals surface area contributed by atoms with E-state index < -0.39 is 0 Å². The molecule has 0 bridgehead atoms. The van der Waals surface area contributed by atoms with E-state index in [1.54, 1.807) is 0 Å². The maximum atomic E-state index is 8.77. The van der Waals surface area contributed by atoms with Crippen molar-refractivity contribution in [3.8, 4) is 0 Å². The van der Waals surface area contributed by atoms with Crippen LogP contribution < -0.4 is 0 Å². The van der Waals surface area contributed by atoms with Gasteiger partial charge >= 0.3 is 0 Å². The summed E-state index contributed by atoms with van der Waals surface area (Å²) in [6, 6.07) is 0. The van der Waals surface area contributed by atoms with Gasteiger partial charge in [0.25, 0.3) is 0 Å². The molecule has 13 heavy (non-hydrogen) atoms. The molecule has 0 heterocycles. The van der Waals surface area contributed by atoms with E-state index in [1.165, 1.54) is 19.3 Å². The second kappa shape index (κ2) is 7.37. The van der Waals surface area contributed by atoms with Crippen molar-refractivity contribution in [2.45, 2.75) is 53.4 Å². The second-order valence-corrected chi connectivity index (χ2v) is 4.84. The summed E-state index contributed by atoms with van der Waals surface area (Å²) in [5.41, 5.74) is 0. The Kier molecular flexibility index (Phi) is 7.35. The zero-order chi connectivity index (χ0) is 10.3. The monoisotopic (exact) mass is 186 g/mol. The Morgan fingerprint density at radius 2 is 1.54 bits per heavy atom. The quantitative estimate of drug-likeness (QED) is 0.645. The van der Waals surface area contributed by atoms with Gasteiger partial charge in [-0.25, -0.2) is 0 Å². The molecule has 0 saturated heterocycles. The van der Waals surface area contributed by atoms with Gasteiger partial charge in [-0.2, -0.15) is 0 Å². The summed E-state index contributed by atoms with van der Waals surface area (Å²) in [5, 5.41) is 8.77. The van der Waals surface area contributed by atoms with Gasteiger partial charge in [-0.15, -0.1) is 0 Å². The molecule has 0 aliphatic rings. The molecule has 0 aromatic carbocycles. The average molecular weight is 186 g/mol. The Morgan fingerprint density at radius 3 is 1.92 bits per heavy atom. The Balaban J connectivity index is 3.67. The maximum absolute atomic E-state index is 8.77. The molecule has 0 amide bonds. The molecule has 0 aromatic heterocycles. The van der Waals surface area contributed by atoms with Crippen molar-refractivity contribution >= 4 is 0 Å². The first-order chi connectivity index (χ1) is 6.07. The van der Waals surface area contributed by atoms with Crippen molar-refractivity contribution in [1.82, 2.24) is 0 Å². The van der Waals surface area contributed by atoms with E-state index in [-0.39, 0.29) is 0 Å². The van der Waals surface area contributed by atoms with Crippen molar-refractivity contribution in [3.05, 3.63) is 0 Å². The lowest BCUT2D eigenvalue weighted by Crippen LogP contribution is -2.10. The summed E-state index contributed by atoms with van der Waals surface area (Å²) in [4.78, 5) is 0. The fourth-order valence-corrected chi connectivity index (χ4v) is 1.71. The maximum Gasteiger partial charge on any atom is 0.0431 e. The van der Waals surface area contributed by atoms with Crippen LogP contribution in [0.4, 0.5) is 0 Å². The minimum Gasteiger partial charge on any atom is -0.396 e. The van der Waals surface area contributed by atoms with E-state index in [1.807, 2.05) is 0 Å². The lowest BCUT2D eigenvalue weighted by Gasteiger charge is -2.21. The van der Waals surface area contributed by atoms with Crippen molar-refractivity contribution < 1.29 is 5.11 Å². The van der Waals surface area contributed by atoms with Crippen molar-refractivity contribution in [2.75, 3.05) is 6.61 Å². The summed E-state index contributed by atoms with van der Waals surface area (Å²) < 4.78 is 0. The van der Waals surface area contributed by atoms with Gasteiger partial charge in [0.1, 0.15) is 0 Å². The zero-order valence-corrected chi connectivity index (χ0v) is 9.71. The first kappa shape index (κ1) is 13.0. The van der Waals surface area contributed by atoms with Gasteiger partial charge < -0.3 is 5.11 Å². The lowest BCUT2D eigenvalue weighted by atomic mass is 9.85. The van der Waals surface area contributed by atoms with Crippen LogP contribution in [-0.2, 0) is 0 Å². The van der Waals surface area contributed by atoms with Gasteiger partial charge in [0.05, 0.1) is 0 Å². The standard InChI is InChI=1S/C12H26O/c1-10(2)7-8-12(11(3)4)6-5-9-13/h10-13H,5-9H2,1-4H3. The van der Waals surface area contributed by atoms with Gasteiger partial charge in [0, 0.05) is 6.61 Å². The SMILES string of the molecule is CC(C)CCC(CCCO)C(C)C. The van der Waals surface area contributed by atoms with Gasteiger partial charge in [-0.3, -0.25) is 0 Å². The minimum atomic E-state index is 0.352. The highest BCUT2D eigenvalue weighted by atomic mass is 16.2. The molecular weight excluding hydrogens is 160 g/mol. The summed E-state index contributed by atoms with van der Waals surface area (Å²) in [6.07, 6.45) is 4.82. The van der Waals surface area contributed by atoms with Crippen LogP contribution in [0.5, 0.6) is 0 Å². The third kappa shape index (κ3) is 7.06. The molecule has 0 aliphatic heterocycles. The molecule has 0 spiro atoms. The number of hydrogen-bond donors (Lipinski definition) is 1. The molecule has 0 fully saturated rings. The molecule has 0 saturated carbocycles. The molecule has 1 heteroatoms. The number of aliphatic hydroxyl groups is 1. The van der Waals surface area contributed by atoms with E-state index in [9.17, 15) is 0 Å². The van der Waals surface area contributed by atoms with E-state index in [4.69, 9.17) is 5.11 Å². The van der Waals surface area contributed by atoms with E-state index in [0.29, 0.717) is 6.61 Å². The smallest absolute Gasteiger partial charge is 0.0431 e. The van der Waals surface area contributed by atoms with Crippen LogP contribution in [0.25, 0.3) is 0 Å². The number of aliphatic hydroxyl groups excluding tert-OH is 1. The molecule has 1 nitrogen and oxygen atoms in total. The Bertz CT molecular complexity index is 108. The molecule has 1 unspecified atom stereocenters. The third-order valence-corrected chi connectivity index (χ3v) is 2.79. The fraction of sp³-hybridized carbons (Fsp3) is 1.00. The fourth-order valence-electron chi connectivity index (χ4n) is 1.71. The van der Waals surface area contributed by atoms with Crippen LogP contribution in [-0.4, -0.2) is 11.7 Å². The van der Waals surface area contributed by atoms with Crippen LogP contribution in [0.2, 0.25) is 0 Å². The zero-order valence-electron chi connectivity index (χ0n) is 9.71. The highest BCUT2D eigenvalue weighted by Gasteiger charge is 2.12.